The van der Waals surface area contributed by atoms with Gasteiger partial charge in [0.25, 0.3) is 0 Å². The average molecular weight is 453 g/mol. The van der Waals surface area contributed by atoms with Crippen molar-refractivity contribution < 1.29 is 10.2 Å². The Morgan fingerprint density at radius 3 is 1.48 bits per heavy atom. The highest BCUT2D eigenvalue weighted by atomic mass is 16.3. The number of hydrogen-bond donors (Lipinski definition) is 2. The smallest absolute Gasteiger partial charge is 0.119 e. The molecule has 184 valence electrons. The highest BCUT2D eigenvalue weighted by molar-refractivity contribution is 5.42. The number of para-hydroxylation sites is 1. The quantitative estimate of drug-likeness (QED) is 0.208. The minimum absolute atomic E-state index is 0.179. The van der Waals surface area contributed by atoms with Crippen molar-refractivity contribution in [3.8, 4) is 11.5 Å². The van der Waals surface area contributed by atoms with Crippen molar-refractivity contribution in [3.05, 3.63) is 59.7 Å². The second kappa shape index (κ2) is 17.5. The molecule has 2 nitrogen and oxygen atoms in total. The highest BCUT2D eigenvalue weighted by Crippen LogP contribution is 2.35. The number of unbranched alkanes of at least 4 members (excludes halogenated alkanes) is 15. The zero-order valence-electron chi connectivity index (χ0n) is 21.1. The maximum absolute atomic E-state index is 10.4. The largest absolute Gasteiger partial charge is 0.508 e. The third-order valence-electron chi connectivity index (χ3n) is 6.95. The van der Waals surface area contributed by atoms with Crippen molar-refractivity contribution in [2.24, 2.45) is 0 Å². The van der Waals surface area contributed by atoms with Gasteiger partial charge in [-0.15, -0.1) is 0 Å². The van der Waals surface area contributed by atoms with E-state index < -0.39 is 0 Å². The molecular weight excluding hydrogens is 404 g/mol. The molecule has 0 bridgehead atoms. The second-order valence-electron chi connectivity index (χ2n) is 9.79. The third kappa shape index (κ3) is 11.6. The number of phenols is 2. The minimum atomic E-state index is 0.179. The number of hydrogen-bond acceptors (Lipinski definition) is 2. The summed E-state index contributed by atoms with van der Waals surface area (Å²) in [4.78, 5) is 0. The molecule has 1 unspecified atom stereocenters. The van der Waals surface area contributed by atoms with Gasteiger partial charge in [-0.1, -0.05) is 140 Å². The molecule has 2 aromatic rings. The van der Waals surface area contributed by atoms with Crippen molar-refractivity contribution in [2.75, 3.05) is 0 Å². The van der Waals surface area contributed by atoms with Gasteiger partial charge in [-0.2, -0.15) is 0 Å². The lowest BCUT2D eigenvalue weighted by Crippen LogP contribution is -2.02. The van der Waals surface area contributed by atoms with E-state index in [-0.39, 0.29) is 11.7 Å². The fourth-order valence-electron chi connectivity index (χ4n) is 4.89. The van der Waals surface area contributed by atoms with Gasteiger partial charge in [-0.05, 0) is 30.2 Å². The zero-order valence-corrected chi connectivity index (χ0v) is 21.1. The van der Waals surface area contributed by atoms with Crippen LogP contribution in [0.25, 0.3) is 0 Å². The van der Waals surface area contributed by atoms with Crippen LogP contribution in [0.15, 0.2) is 48.5 Å². The first-order chi connectivity index (χ1) is 16.2. The summed E-state index contributed by atoms with van der Waals surface area (Å²) in [5.74, 6) is 0.836. The van der Waals surface area contributed by atoms with Crippen LogP contribution < -0.4 is 0 Å². The fourth-order valence-corrected chi connectivity index (χ4v) is 4.89. The lowest BCUT2D eigenvalue weighted by molar-refractivity contribution is 0.459. The first-order valence-corrected chi connectivity index (χ1v) is 13.8. The van der Waals surface area contributed by atoms with Gasteiger partial charge in [0, 0.05) is 11.5 Å². The van der Waals surface area contributed by atoms with Crippen LogP contribution in [0, 0.1) is 0 Å². The van der Waals surface area contributed by atoms with Gasteiger partial charge in [0.1, 0.15) is 11.5 Å². The predicted octanol–water partition coefficient (Wildman–Crippen LogP) is 9.88. The molecule has 0 aliphatic rings. The van der Waals surface area contributed by atoms with Crippen molar-refractivity contribution in [3.63, 3.8) is 0 Å². The molecule has 0 saturated carbocycles. The van der Waals surface area contributed by atoms with Crippen molar-refractivity contribution in [1.29, 1.82) is 0 Å². The Balaban J connectivity index is 1.54. The maximum atomic E-state index is 10.4. The van der Waals surface area contributed by atoms with E-state index in [2.05, 4.69) is 6.92 Å². The number of aromatic hydroxyl groups is 2. The summed E-state index contributed by atoms with van der Waals surface area (Å²) in [5.41, 5.74) is 2.15. The molecule has 0 amide bonds. The van der Waals surface area contributed by atoms with E-state index in [1.54, 1.807) is 18.2 Å². The summed E-state index contributed by atoms with van der Waals surface area (Å²) in [6.07, 6.45) is 23.1. The summed E-state index contributed by atoms with van der Waals surface area (Å²) in [5, 5.41) is 20.0. The van der Waals surface area contributed by atoms with Gasteiger partial charge < -0.3 is 10.2 Å². The summed E-state index contributed by atoms with van der Waals surface area (Å²) in [7, 11) is 0. The third-order valence-corrected chi connectivity index (χ3v) is 6.95. The Bertz CT molecular complexity index is 722. The van der Waals surface area contributed by atoms with Crippen LogP contribution in [0.2, 0.25) is 0 Å². The maximum Gasteiger partial charge on any atom is 0.119 e. The molecule has 0 radical (unpaired) electrons. The van der Waals surface area contributed by atoms with Gasteiger partial charge in [0.15, 0.2) is 0 Å². The number of phenolic OH excluding ortho intramolecular Hbond substituents is 2. The molecule has 2 aromatic carbocycles. The summed E-state index contributed by atoms with van der Waals surface area (Å²) in [6.45, 7) is 2.29. The molecule has 0 aliphatic carbocycles. The van der Waals surface area contributed by atoms with Gasteiger partial charge >= 0.3 is 0 Å². The number of rotatable bonds is 19. The molecule has 0 spiro atoms. The van der Waals surface area contributed by atoms with E-state index >= 15 is 0 Å². The first kappa shape index (κ1) is 27.3. The van der Waals surface area contributed by atoms with Gasteiger partial charge in [-0.3, -0.25) is 0 Å². The number of benzene rings is 2. The van der Waals surface area contributed by atoms with E-state index in [4.69, 9.17) is 0 Å². The first-order valence-electron chi connectivity index (χ1n) is 13.8. The van der Waals surface area contributed by atoms with Crippen molar-refractivity contribution >= 4 is 0 Å². The lowest BCUT2D eigenvalue weighted by Gasteiger charge is -2.19. The molecule has 2 rings (SSSR count). The molecule has 2 heteroatoms. The van der Waals surface area contributed by atoms with Gasteiger partial charge in [0.05, 0.1) is 0 Å². The Labute approximate surface area is 203 Å². The Morgan fingerprint density at radius 1 is 0.545 bits per heavy atom. The van der Waals surface area contributed by atoms with Crippen LogP contribution in [-0.4, -0.2) is 10.2 Å². The SMILES string of the molecule is CCCCCCCCCCCCCCCCCCC(c1ccc(O)cc1)c1ccccc1O. The van der Waals surface area contributed by atoms with E-state index in [0.717, 1.165) is 24.0 Å². The summed E-state index contributed by atoms with van der Waals surface area (Å²) >= 11 is 0. The van der Waals surface area contributed by atoms with E-state index in [0.29, 0.717) is 5.75 Å². The van der Waals surface area contributed by atoms with Crippen LogP contribution in [0.4, 0.5) is 0 Å². The average Bonchev–Trinajstić information content (AvgIpc) is 2.83. The molecule has 33 heavy (non-hydrogen) atoms. The zero-order chi connectivity index (χ0) is 23.6. The Hall–Kier alpha value is -1.96. The van der Waals surface area contributed by atoms with E-state index in [1.807, 2.05) is 30.3 Å². The van der Waals surface area contributed by atoms with Crippen LogP contribution >= 0.6 is 0 Å². The van der Waals surface area contributed by atoms with Gasteiger partial charge in [0.2, 0.25) is 0 Å². The minimum Gasteiger partial charge on any atom is -0.508 e. The monoisotopic (exact) mass is 452 g/mol. The van der Waals surface area contributed by atoms with Crippen LogP contribution in [0.5, 0.6) is 11.5 Å². The molecule has 0 fully saturated rings. The van der Waals surface area contributed by atoms with Crippen LogP contribution in [0.1, 0.15) is 133 Å². The summed E-state index contributed by atoms with van der Waals surface area (Å²) in [6, 6.07) is 15.1. The molecule has 0 saturated heterocycles. The molecule has 0 aliphatic heterocycles. The topological polar surface area (TPSA) is 40.5 Å². The normalized spacial score (nSPS) is 12.2. The van der Waals surface area contributed by atoms with Crippen LogP contribution in [-0.2, 0) is 0 Å². The van der Waals surface area contributed by atoms with Crippen molar-refractivity contribution in [1.82, 2.24) is 0 Å². The standard InChI is InChI=1S/C31H48O2/c1-2-3-4-5-6-7-8-9-10-11-12-13-14-15-16-17-20-29(27-23-25-28(32)26-24-27)30-21-18-19-22-31(30)33/h18-19,21-26,29,32-33H,2-17,20H2,1H3. The lowest BCUT2D eigenvalue weighted by atomic mass is 9.86. The summed E-state index contributed by atoms with van der Waals surface area (Å²) < 4.78 is 0. The second-order valence-corrected chi connectivity index (χ2v) is 9.79. The molecule has 1 atom stereocenters. The Morgan fingerprint density at radius 2 is 1.00 bits per heavy atom. The fraction of sp³-hybridized carbons (Fsp3) is 0.613. The Kier molecular flexibility index (Phi) is 14.5. The van der Waals surface area contributed by atoms with Gasteiger partial charge in [-0.25, -0.2) is 0 Å². The van der Waals surface area contributed by atoms with Crippen LogP contribution in [0.3, 0.4) is 0 Å². The highest BCUT2D eigenvalue weighted by Gasteiger charge is 2.17. The molecule has 0 aromatic heterocycles. The molecule has 2 N–H and O–H groups in total. The van der Waals surface area contributed by atoms with Crippen molar-refractivity contribution in [2.45, 2.75) is 122 Å². The molecule has 0 heterocycles. The van der Waals surface area contributed by atoms with E-state index in [1.165, 1.54) is 96.3 Å². The van der Waals surface area contributed by atoms with E-state index in [9.17, 15) is 10.2 Å². The predicted molar refractivity (Wildman–Crippen MR) is 142 cm³/mol. The molecular formula is C31H48O2.